The van der Waals surface area contributed by atoms with Gasteiger partial charge < -0.3 is 10.6 Å². The average Bonchev–Trinajstić information content (AvgIpc) is 2.24. The Labute approximate surface area is 93.1 Å². The standard InChI is InChI=1S/C13H22N2/c1-4-6-9-15(5-2)13-10-11(3)7-8-12(13)14/h7-8,10H,4-6,9,14H2,1-3H3. The number of rotatable bonds is 5. The van der Waals surface area contributed by atoms with E-state index in [0.717, 1.165) is 18.8 Å². The predicted octanol–water partition coefficient (Wildman–Crippen LogP) is 3.20. The van der Waals surface area contributed by atoms with E-state index in [4.69, 9.17) is 5.73 Å². The van der Waals surface area contributed by atoms with Crippen LogP contribution in [0.25, 0.3) is 0 Å². The van der Waals surface area contributed by atoms with Crippen LogP contribution in [0.1, 0.15) is 32.3 Å². The molecule has 0 amide bonds. The number of anilines is 2. The summed E-state index contributed by atoms with van der Waals surface area (Å²) < 4.78 is 0. The number of nitrogens with zero attached hydrogens (tertiary/aromatic N) is 1. The van der Waals surface area contributed by atoms with Crippen LogP contribution < -0.4 is 10.6 Å². The van der Waals surface area contributed by atoms with Crippen LogP contribution in [-0.2, 0) is 0 Å². The van der Waals surface area contributed by atoms with Crippen molar-refractivity contribution in [1.29, 1.82) is 0 Å². The summed E-state index contributed by atoms with van der Waals surface area (Å²) in [5.74, 6) is 0. The van der Waals surface area contributed by atoms with Gasteiger partial charge in [-0.1, -0.05) is 19.4 Å². The van der Waals surface area contributed by atoms with Crippen molar-refractivity contribution in [3.8, 4) is 0 Å². The molecule has 0 fully saturated rings. The maximum absolute atomic E-state index is 6.00. The Morgan fingerprint density at radius 1 is 1.27 bits per heavy atom. The van der Waals surface area contributed by atoms with Gasteiger partial charge in [0.25, 0.3) is 0 Å². The fourth-order valence-electron chi connectivity index (χ4n) is 1.73. The molecular formula is C13H22N2. The summed E-state index contributed by atoms with van der Waals surface area (Å²) >= 11 is 0. The Morgan fingerprint density at radius 2 is 2.00 bits per heavy atom. The quantitative estimate of drug-likeness (QED) is 0.750. The molecule has 0 spiro atoms. The lowest BCUT2D eigenvalue weighted by Gasteiger charge is -2.24. The Balaban J connectivity index is 2.85. The highest BCUT2D eigenvalue weighted by atomic mass is 15.1. The van der Waals surface area contributed by atoms with E-state index in [-0.39, 0.29) is 0 Å². The molecule has 0 atom stereocenters. The molecule has 0 heterocycles. The van der Waals surface area contributed by atoms with Gasteiger partial charge in [0.15, 0.2) is 0 Å². The van der Waals surface area contributed by atoms with Crippen molar-refractivity contribution in [2.75, 3.05) is 23.7 Å². The van der Waals surface area contributed by atoms with Gasteiger partial charge >= 0.3 is 0 Å². The van der Waals surface area contributed by atoms with E-state index in [1.54, 1.807) is 0 Å². The molecule has 0 aliphatic rings. The third-order valence-electron chi connectivity index (χ3n) is 2.69. The molecule has 0 unspecified atom stereocenters. The van der Waals surface area contributed by atoms with Gasteiger partial charge in [-0.15, -0.1) is 0 Å². The molecule has 2 heteroatoms. The first-order valence-electron chi connectivity index (χ1n) is 5.80. The van der Waals surface area contributed by atoms with Gasteiger partial charge in [0.1, 0.15) is 0 Å². The molecule has 84 valence electrons. The summed E-state index contributed by atoms with van der Waals surface area (Å²) in [7, 11) is 0. The van der Waals surface area contributed by atoms with Crippen LogP contribution in [0, 0.1) is 6.92 Å². The second-order valence-corrected chi connectivity index (χ2v) is 4.00. The Kier molecular flexibility index (Phi) is 4.47. The maximum Gasteiger partial charge on any atom is 0.0602 e. The first kappa shape index (κ1) is 11.9. The summed E-state index contributed by atoms with van der Waals surface area (Å²) in [6.45, 7) is 8.62. The first-order valence-corrected chi connectivity index (χ1v) is 5.80. The fraction of sp³-hybridized carbons (Fsp3) is 0.538. The summed E-state index contributed by atoms with van der Waals surface area (Å²) in [6.07, 6.45) is 2.45. The Hall–Kier alpha value is -1.18. The maximum atomic E-state index is 6.00. The molecule has 1 rings (SSSR count). The second-order valence-electron chi connectivity index (χ2n) is 4.00. The summed E-state index contributed by atoms with van der Waals surface area (Å²) in [5.41, 5.74) is 9.34. The van der Waals surface area contributed by atoms with Crippen molar-refractivity contribution in [2.24, 2.45) is 0 Å². The number of benzene rings is 1. The number of nitrogens with two attached hydrogens (primary N) is 1. The predicted molar refractivity (Wildman–Crippen MR) is 68.4 cm³/mol. The van der Waals surface area contributed by atoms with Crippen LogP contribution in [0.3, 0.4) is 0 Å². The summed E-state index contributed by atoms with van der Waals surface area (Å²) in [5, 5.41) is 0. The zero-order valence-electron chi connectivity index (χ0n) is 10.1. The number of unbranched alkanes of at least 4 members (excludes halogenated alkanes) is 1. The molecule has 2 nitrogen and oxygen atoms in total. The molecular weight excluding hydrogens is 184 g/mol. The molecule has 0 aliphatic carbocycles. The molecule has 0 saturated heterocycles. The minimum atomic E-state index is 0.888. The van der Waals surface area contributed by atoms with E-state index >= 15 is 0 Å². The third-order valence-corrected chi connectivity index (χ3v) is 2.69. The van der Waals surface area contributed by atoms with Crippen LogP contribution in [0.15, 0.2) is 18.2 Å². The first-order chi connectivity index (χ1) is 7.19. The lowest BCUT2D eigenvalue weighted by Crippen LogP contribution is -2.24. The van der Waals surface area contributed by atoms with E-state index in [1.807, 2.05) is 6.07 Å². The van der Waals surface area contributed by atoms with E-state index in [0.29, 0.717) is 0 Å². The number of aryl methyl sites for hydroxylation is 1. The van der Waals surface area contributed by atoms with Crippen molar-refractivity contribution in [2.45, 2.75) is 33.6 Å². The van der Waals surface area contributed by atoms with Crippen LogP contribution in [0.4, 0.5) is 11.4 Å². The van der Waals surface area contributed by atoms with Gasteiger partial charge in [-0.05, 0) is 38.0 Å². The highest BCUT2D eigenvalue weighted by Crippen LogP contribution is 2.24. The van der Waals surface area contributed by atoms with Crippen LogP contribution in [0.5, 0.6) is 0 Å². The summed E-state index contributed by atoms with van der Waals surface area (Å²) in [6, 6.07) is 6.24. The van der Waals surface area contributed by atoms with Crippen molar-refractivity contribution in [1.82, 2.24) is 0 Å². The Morgan fingerprint density at radius 3 is 2.60 bits per heavy atom. The van der Waals surface area contributed by atoms with E-state index in [1.165, 1.54) is 24.1 Å². The van der Waals surface area contributed by atoms with Gasteiger partial charge in [0.2, 0.25) is 0 Å². The van der Waals surface area contributed by atoms with Gasteiger partial charge in [-0.25, -0.2) is 0 Å². The SMILES string of the molecule is CCCCN(CC)c1cc(C)ccc1N. The number of hydrogen-bond acceptors (Lipinski definition) is 2. The molecule has 0 saturated carbocycles. The summed E-state index contributed by atoms with van der Waals surface area (Å²) in [4.78, 5) is 2.35. The van der Waals surface area contributed by atoms with Crippen LogP contribution in [0.2, 0.25) is 0 Å². The van der Waals surface area contributed by atoms with E-state index < -0.39 is 0 Å². The van der Waals surface area contributed by atoms with Gasteiger partial charge in [-0.2, -0.15) is 0 Å². The largest absolute Gasteiger partial charge is 0.397 e. The highest BCUT2D eigenvalue weighted by Gasteiger charge is 2.07. The highest BCUT2D eigenvalue weighted by molar-refractivity contribution is 5.68. The fourth-order valence-corrected chi connectivity index (χ4v) is 1.73. The lowest BCUT2D eigenvalue weighted by molar-refractivity contribution is 0.732. The van der Waals surface area contributed by atoms with Gasteiger partial charge in [-0.3, -0.25) is 0 Å². The number of hydrogen-bond donors (Lipinski definition) is 1. The minimum Gasteiger partial charge on any atom is -0.397 e. The van der Waals surface area contributed by atoms with Crippen LogP contribution >= 0.6 is 0 Å². The van der Waals surface area contributed by atoms with E-state index in [2.05, 4.69) is 37.8 Å². The molecule has 1 aromatic carbocycles. The van der Waals surface area contributed by atoms with Crippen LogP contribution in [-0.4, -0.2) is 13.1 Å². The Bertz CT molecular complexity index is 307. The second kappa shape index (κ2) is 5.64. The topological polar surface area (TPSA) is 29.3 Å². The molecule has 0 bridgehead atoms. The van der Waals surface area contributed by atoms with Gasteiger partial charge in [0, 0.05) is 13.1 Å². The zero-order chi connectivity index (χ0) is 11.3. The van der Waals surface area contributed by atoms with Crippen molar-refractivity contribution in [3.05, 3.63) is 23.8 Å². The normalized spacial score (nSPS) is 10.3. The average molecular weight is 206 g/mol. The van der Waals surface area contributed by atoms with Crippen molar-refractivity contribution >= 4 is 11.4 Å². The lowest BCUT2D eigenvalue weighted by atomic mass is 10.1. The molecule has 1 aromatic rings. The molecule has 15 heavy (non-hydrogen) atoms. The molecule has 0 aliphatic heterocycles. The molecule has 0 radical (unpaired) electrons. The van der Waals surface area contributed by atoms with Crippen molar-refractivity contribution in [3.63, 3.8) is 0 Å². The van der Waals surface area contributed by atoms with Gasteiger partial charge in [0.05, 0.1) is 11.4 Å². The smallest absolute Gasteiger partial charge is 0.0602 e. The number of nitrogen functional groups attached to an aromatic ring is 1. The third kappa shape index (κ3) is 3.15. The molecule has 0 aromatic heterocycles. The minimum absolute atomic E-state index is 0.888. The molecule has 2 N–H and O–H groups in total. The monoisotopic (exact) mass is 206 g/mol. The van der Waals surface area contributed by atoms with Crippen molar-refractivity contribution < 1.29 is 0 Å². The zero-order valence-corrected chi connectivity index (χ0v) is 10.1. The van der Waals surface area contributed by atoms with E-state index in [9.17, 15) is 0 Å².